The second-order valence-corrected chi connectivity index (χ2v) is 7.94. The first-order valence-electron chi connectivity index (χ1n) is 8.76. The highest BCUT2D eigenvalue weighted by Crippen LogP contribution is 2.27. The van der Waals surface area contributed by atoms with Crippen LogP contribution < -0.4 is 11.1 Å². The minimum atomic E-state index is -0.426. The lowest BCUT2D eigenvalue weighted by atomic mass is 9.95. The van der Waals surface area contributed by atoms with E-state index in [1.807, 2.05) is 25.7 Å². The number of carbonyl (C=O) groups excluding carboxylic acids is 1. The van der Waals surface area contributed by atoms with Crippen LogP contribution in [0.2, 0.25) is 0 Å². The van der Waals surface area contributed by atoms with Crippen molar-refractivity contribution in [3.63, 3.8) is 0 Å². The first kappa shape index (κ1) is 17.5. The summed E-state index contributed by atoms with van der Waals surface area (Å²) in [6, 6.07) is 1.28. The fraction of sp³-hybridized carbons (Fsp3) is 0.941. The molecule has 0 spiro atoms. The summed E-state index contributed by atoms with van der Waals surface area (Å²) in [5, 5.41) is 3.80. The molecule has 0 bridgehead atoms. The molecule has 1 aliphatic carbocycles. The van der Waals surface area contributed by atoms with Gasteiger partial charge in [0.15, 0.2) is 0 Å². The number of hydrogen-bond donors (Lipinski definition) is 2. The molecule has 5 nitrogen and oxygen atoms in total. The number of piperidine rings is 1. The fourth-order valence-corrected chi connectivity index (χ4v) is 3.76. The number of likely N-dealkylation sites (tertiary alicyclic amines) is 1. The summed E-state index contributed by atoms with van der Waals surface area (Å²) in [7, 11) is 0. The van der Waals surface area contributed by atoms with Crippen LogP contribution in [0.15, 0.2) is 0 Å². The maximum Gasteiger partial charge on any atom is 0.410 e. The van der Waals surface area contributed by atoms with Crippen LogP contribution in [0.5, 0.6) is 0 Å². The number of rotatable bonds is 3. The van der Waals surface area contributed by atoms with Gasteiger partial charge in [-0.05, 0) is 65.8 Å². The van der Waals surface area contributed by atoms with Crippen molar-refractivity contribution in [2.24, 2.45) is 11.7 Å². The third-order valence-electron chi connectivity index (χ3n) is 4.92. The highest BCUT2D eigenvalue weighted by atomic mass is 16.6. The van der Waals surface area contributed by atoms with Crippen LogP contribution in [0.25, 0.3) is 0 Å². The zero-order valence-electron chi connectivity index (χ0n) is 14.6. The molecule has 0 aromatic carbocycles. The van der Waals surface area contributed by atoms with E-state index in [1.54, 1.807) is 0 Å². The lowest BCUT2D eigenvalue weighted by Crippen LogP contribution is -2.53. The molecule has 2 fully saturated rings. The summed E-state index contributed by atoms with van der Waals surface area (Å²) < 4.78 is 5.50. The van der Waals surface area contributed by atoms with Crippen LogP contribution in [0.4, 0.5) is 4.79 Å². The lowest BCUT2D eigenvalue weighted by Gasteiger charge is -2.40. The Morgan fingerprint density at radius 1 is 1.32 bits per heavy atom. The highest BCUT2D eigenvalue weighted by Gasteiger charge is 2.34. The lowest BCUT2D eigenvalue weighted by molar-refractivity contribution is 0.00882. The normalized spacial score (nSPS) is 33.0. The fourth-order valence-electron chi connectivity index (χ4n) is 3.76. The number of nitrogens with zero attached hydrogens (tertiary/aromatic N) is 1. The summed E-state index contributed by atoms with van der Waals surface area (Å²) in [5.74, 6) is 0.624. The Labute approximate surface area is 134 Å². The van der Waals surface area contributed by atoms with Gasteiger partial charge in [0.25, 0.3) is 0 Å². The standard InChI is InChI=1S/C17H33N3O2/c1-12-10-14(19-15-7-5-6-13(15)11-18)8-9-20(12)16(21)22-17(2,3)4/h12-15,19H,5-11,18H2,1-4H3. The van der Waals surface area contributed by atoms with Crippen LogP contribution >= 0.6 is 0 Å². The van der Waals surface area contributed by atoms with Crippen molar-refractivity contribution in [1.82, 2.24) is 10.2 Å². The maximum absolute atomic E-state index is 12.2. The van der Waals surface area contributed by atoms with E-state index in [0.717, 1.165) is 25.9 Å². The molecule has 0 radical (unpaired) electrons. The Kier molecular flexibility index (Phi) is 5.72. The molecule has 22 heavy (non-hydrogen) atoms. The maximum atomic E-state index is 12.2. The SMILES string of the molecule is CC1CC(NC2CCCC2CN)CCN1C(=O)OC(C)(C)C. The van der Waals surface area contributed by atoms with Crippen LogP contribution in [-0.4, -0.2) is 47.8 Å². The molecular formula is C17H33N3O2. The Hall–Kier alpha value is -0.810. The van der Waals surface area contributed by atoms with Crippen LogP contribution in [0.1, 0.15) is 59.8 Å². The van der Waals surface area contributed by atoms with Gasteiger partial charge in [0.05, 0.1) is 0 Å². The van der Waals surface area contributed by atoms with Gasteiger partial charge < -0.3 is 20.7 Å². The molecule has 0 aromatic rings. The first-order chi connectivity index (χ1) is 10.3. The monoisotopic (exact) mass is 311 g/mol. The van der Waals surface area contributed by atoms with Gasteiger partial charge in [-0.3, -0.25) is 0 Å². The summed E-state index contributed by atoms with van der Waals surface area (Å²) in [4.78, 5) is 14.1. The third kappa shape index (κ3) is 4.59. The molecular weight excluding hydrogens is 278 g/mol. The Morgan fingerprint density at radius 2 is 2.05 bits per heavy atom. The van der Waals surface area contributed by atoms with Gasteiger partial charge in [-0.1, -0.05) is 6.42 Å². The number of nitrogens with one attached hydrogen (secondary N) is 1. The molecule has 1 amide bonds. The average molecular weight is 311 g/mol. The summed E-state index contributed by atoms with van der Waals surface area (Å²) in [5.41, 5.74) is 5.44. The van der Waals surface area contributed by atoms with Gasteiger partial charge in [0, 0.05) is 24.7 Å². The number of carbonyl (C=O) groups is 1. The average Bonchev–Trinajstić information content (AvgIpc) is 2.83. The minimum absolute atomic E-state index is 0.181. The van der Waals surface area contributed by atoms with Crippen molar-refractivity contribution in [2.45, 2.75) is 83.5 Å². The number of ether oxygens (including phenoxy) is 1. The van der Waals surface area contributed by atoms with E-state index in [9.17, 15) is 4.79 Å². The molecule has 4 unspecified atom stereocenters. The van der Waals surface area contributed by atoms with E-state index < -0.39 is 5.60 Å². The van der Waals surface area contributed by atoms with E-state index in [-0.39, 0.29) is 12.1 Å². The van der Waals surface area contributed by atoms with Gasteiger partial charge >= 0.3 is 6.09 Å². The molecule has 2 rings (SSSR count). The quantitative estimate of drug-likeness (QED) is 0.840. The topological polar surface area (TPSA) is 67.6 Å². The molecule has 1 heterocycles. The molecule has 1 saturated carbocycles. The molecule has 5 heteroatoms. The van der Waals surface area contributed by atoms with E-state index in [2.05, 4.69) is 12.2 Å². The van der Waals surface area contributed by atoms with E-state index in [4.69, 9.17) is 10.5 Å². The van der Waals surface area contributed by atoms with Gasteiger partial charge in [0.1, 0.15) is 5.60 Å². The van der Waals surface area contributed by atoms with Crippen molar-refractivity contribution in [3.8, 4) is 0 Å². The van der Waals surface area contributed by atoms with Crippen LogP contribution in [0, 0.1) is 5.92 Å². The Morgan fingerprint density at radius 3 is 2.64 bits per heavy atom. The Balaban J connectivity index is 1.83. The van der Waals surface area contributed by atoms with Gasteiger partial charge in [0.2, 0.25) is 0 Å². The molecule has 1 aliphatic heterocycles. The predicted octanol–water partition coefficient (Wildman–Crippen LogP) is 2.49. The largest absolute Gasteiger partial charge is 0.444 e. The molecule has 3 N–H and O–H groups in total. The van der Waals surface area contributed by atoms with Gasteiger partial charge in [-0.25, -0.2) is 4.79 Å². The second kappa shape index (κ2) is 7.18. The molecule has 1 saturated heterocycles. The van der Waals surface area contributed by atoms with E-state index in [1.165, 1.54) is 19.3 Å². The second-order valence-electron chi connectivity index (χ2n) is 7.94. The summed E-state index contributed by atoms with van der Waals surface area (Å²) in [6.07, 6.45) is 5.58. The zero-order chi connectivity index (χ0) is 16.3. The first-order valence-corrected chi connectivity index (χ1v) is 8.76. The third-order valence-corrected chi connectivity index (χ3v) is 4.92. The molecule has 4 atom stereocenters. The highest BCUT2D eigenvalue weighted by molar-refractivity contribution is 5.68. The minimum Gasteiger partial charge on any atom is -0.444 e. The van der Waals surface area contributed by atoms with E-state index >= 15 is 0 Å². The van der Waals surface area contributed by atoms with Crippen LogP contribution in [-0.2, 0) is 4.74 Å². The van der Waals surface area contributed by atoms with Crippen molar-refractivity contribution >= 4 is 6.09 Å². The van der Waals surface area contributed by atoms with Crippen LogP contribution in [0.3, 0.4) is 0 Å². The smallest absolute Gasteiger partial charge is 0.410 e. The summed E-state index contributed by atoms with van der Waals surface area (Å²) in [6.45, 7) is 9.41. The molecule has 2 aliphatic rings. The van der Waals surface area contributed by atoms with Gasteiger partial charge in [-0.15, -0.1) is 0 Å². The van der Waals surface area contributed by atoms with Gasteiger partial charge in [-0.2, -0.15) is 0 Å². The predicted molar refractivity (Wildman–Crippen MR) is 88.7 cm³/mol. The van der Waals surface area contributed by atoms with Crippen molar-refractivity contribution < 1.29 is 9.53 Å². The van der Waals surface area contributed by atoms with Crippen molar-refractivity contribution in [1.29, 1.82) is 0 Å². The zero-order valence-corrected chi connectivity index (χ0v) is 14.6. The van der Waals surface area contributed by atoms with Crippen molar-refractivity contribution in [2.75, 3.05) is 13.1 Å². The number of hydrogen-bond acceptors (Lipinski definition) is 4. The summed E-state index contributed by atoms with van der Waals surface area (Å²) >= 11 is 0. The molecule has 128 valence electrons. The van der Waals surface area contributed by atoms with E-state index in [0.29, 0.717) is 18.0 Å². The number of amides is 1. The van der Waals surface area contributed by atoms with Crippen molar-refractivity contribution in [3.05, 3.63) is 0 Å². The number of nitrogens with two attached hydrogens (primary N) is 1. The molecule has 0 aromatic heterocycles. The Bertz CT molecular complexity index is 381.